The number of allylic oxidation sites excluding steroid dienone is 1. The zero-order valence-corrected chi connectivity index (χ0v) is 25.0. The van der Waals surface area contributed by atoms with Crippen LogP contribution in [0.5, 0.6) is 0 Å². The van der Waals surface area contributed by atoms with Gasteiger partial charge in [-0.15, -0.1) is 12.4 Å². The molecule has 2 heterocycles. The van der Waals surface area contributed by atoms with Crippen molar-refractivity contribution in [2.75, 3.05) is 46.1 Å². The fourth-order valence-electron chi connectivity index (χ4n) is 4.66. The summed E-state index contributed by atoms with van der Waals surface area (Å²) in [6.07, 6.45) is 3.00. The van der Waals surface area contributed by atoms with Crippen LogP contribution in [0.15, 0.2) is 52.9 Å². The highest BCUT2D eigenvalue weighted by Crippen LogP contribution is 2.41. The van der Waals surface area contributed by atoms with E-state index in [2.05, 4.69) is 10.2 Å². The molecule has 0 bridgehead atoms. The van der Waals surface area contributed by atoms with E-state index < -0.39 is 29.4 Å². The molecule has 1 fully saturated rings. The van der Waals surface area contributed by atoms with Gasteiger partial charge < -0.3 is 24.3 Å². The van der Waals surface area contributed by atoms with Gasteiger partial charge in [0.25, 0.3) is 0 Å². The molecule has 40 heavy (non-hydrogen) atoms. The molecular weight excluding hydrogens is 536 g/mol. The molecule has 1 aromatic rings. The van der Waals surface area contributed by atoms with Crippen molar-refractivity contribution in [1.82, 2.24) is 10.2 Å². The average Bonchev–Trinajstić information content (AvgIpc) is 2.87. The van der Waals surface area contributed by atoms with Gasteiger partial charge in [0.1, 0.15) is 5.60 Å². The third kappa shape index (κ3) is 8.68. The van der Waals surface area contributed by atoms with E-state index in [1.807, 2.05) is 24.3 Å². The van der Waals surface area contributed by atoms with E-state index in [0.717, 1.165) is 0 Å². The van der Waals surface area contributed by atoms with Crippen molar-refractivity contribution >= 4 is 36.4 Å². The van der Waals surface area contributed by atoms with E-state index in [9.17, 15) is 14.4 Å². The standard InChI is InChI=1S/C30H40N2O7.ClH/c1-7-37-28(34)25-20(3)31-23(19-32-15-17-36-18-16-32)27(29(35)38-8-2)26(25)22-12-10-9-11-21(22)13-14-24(33)39-30(4,5)6;/h9-14,26,31H,7-8,15-19H2,1-6H3;1H/b14-13+;. The molecule has 0 aliphatic carbocycles. The molecule has 1 atom stereocenters. The minimum Gasteiger partial charge on any atom is -0.463 e. The van der Waals surface area contributed by atoms with Crippen LogP contribution in [0.1, 0.15) is 58.6 Å². The summed E-state index contributed by atoms with van der Waals surface area (Å²) in [5.41, 5.74) is 2.62. The van der Waals surface area contributed by atoms with Crippen LogP contribution in [-0.4, -0.2) is 74.5 Å². The molecule has 10 heteroatoms. The van der Waals surface area contributed by atoms with Gasteiger partial charge in [-0.25, -0.2) is 14.4 Å². The third-order valence-electron chi connectivity index (χ3n) is 6.23. The van der Waals surface area contributed by atoms with Crippen LogP contribution in [-0.2, 0) is 33.3 Å². The molecule has 2 aliphatic rings. The summed E-state index contributed by atoms with van der Waals surface area (Å²) in [5, 5.41) is 3.32. The van der Waals surface area contributed by atoms with Gasteiger partial charge in [0.2, 0.25) is 0 Å². The first-order valence-corrected chi connectivity index (χ1v) is 13.4. The zero-order chi connectivity index (χ0) is 28.6. The Morgan fingerprint density at radius 3 is 2.23 bits per heavy atom. The first-order valence-electron chi connectivity index (χ1n) is 13.4. The molecule has 0 radical (unpaired) electrons. The van der Waals surface area contributed by atoms with Crippen LogP contribution < -0.4 is 5.32 Å². The van der Waals surface area contributed by atoms with E-state index in [1.54, 1.807) is 47.6 Å². The van der Waals surface area contributed by atoms with Crippen molar-refractivity contribution in [2.24, 2.45) is 0 Å². The Labute approximate surface area is 243 Å². The van der Waals surface area contributed by atoms with Crippen molar-refractivity contribution < 1.29 is 33.3 Å². The number of hydrogen-bond donors (Lipinski definition) is 1. The zero-order valence-electron chi connectivity index (χ0n) is 24.2. The number of carbonyl (C=O) groups is 3. The predicted octanol–water partition coefficient (Wildman–Crippen LogP) is 4.14. The second-order valence-electron chi connectivity index (χ2n) is 10.3. The van der Waals surface area contributed by atoms with Gasteiger partial charge in [-0.1, -0.05) is 24.3 Å². The van der Waals surface area contributed by atoms with Gasteiger partial charge >= 0.3 is 17.9 Å². The Morgan fingerprint density at radius 1 is 1.02 bits per heavy atom. The summed E-state index contributed by atoms with van der Waals surface area (Å²) in [4.78, 5) is 41.6. The van der Waals surface area contributed by atoms with E-state index in [-0.39, 0.29) is 25.6 Å². The van der Waals surface area contributed by atoms with Crippen molar-refractivity contribution in [3.63, 3.8) is 0 Å². The van der Waals surface area contributed by atoms with Gasteiger partial charge in [-0.05, 0) is 58.7 Å². The van der Waals surface area contributed by atoms with E-state index in [4.69, 9.17) is 18.9 Å². The molecule has 1 N–H and O–H groups in total. The quantitative estimate of drug-likeness (QED) is 0.264. The molecular formula is C30H41ClN2O7. The summed E-state index contributed by atoms with van der Waals surface area (Å²) in [7, 11) is 0. The lowest BCUT2D eigenvalue weighted by Crippen LogP contribution is -2.42. The first kappa shape index (κ1) is 33.1. The van der Waals surface area contributed by atoms with Crippen LogP contribution in [0.4, 0.5) is 0 Å². The predicted molar refractivity (Wildman–Crippen MR) is 155 cm³/mol. The number of benzene rings is 1. The molecule has 1 aromatic carbocycles. The number of ether oxygens (including phenoxy) is 4. The Bertz CT molecular complexity index is 1160. The highest BCUT2D eigenvalue weighted by Gasteiger charge is 2.40. The number of dihydropyridines is 1. The smallest absolute Gasteiger partial charge is 0.336 e. The molecule has 1 saturated heterocycles. The summed E-state index contributed by atoms with van der Waals surface area (Å²) < 4.78 is 21.9. The maximum Gasteiger partial charge on any atom is 0.336 e. The lowest BCUT2D eigenvalue weighted by molar-refractivity contribution is -0.148. The van der Waals surface area contributed by atoms with Crippen LogP contribution in [0.2, 0.25) is 0 Å². The monoisotopic (exact) mass is 576 g/mol. The van der Waals surface area contributed by atoms with Crippen molar-refractivity contribution in [1.29, 1.82) is 0 Å². The SMILES string of the molecule is CCOC(=O)C1=C(C)NC(CN2CCOCC2)=C(C(=O)OCC)C1c1ccccc1/C=C/C(=O)OC(C)(C)C.Cl. The third-order valence-corrected chi connectivity index (χ3v) is 6.23. The van der Waals surface area contributed by atoms with Gasteiger partial charge in [0.05, 0.1) is 43.5 Å². The van der Waals surface area contributed by atoms with Crippen LogP contribution in [0.25, 0.3) is 6.08 Å². The Balaban J connectivity index is 0.00000560. The van der Waals surface area contributed by atoms with Crippen LogP contribution in [0, 0.1) is 0 Å². The number of carbonyl (C=O) groups excluding carboxylic acids is 3. The van der Waals surface area contributed by atoms with E-state index in [0.29, 0.717) is 66.5 Å². The highest BCUT2D eigenvalue weighted by molar-refractivity contribution is 6.00. The van der Waals surface area contributed by atoms with Crippen molar-refractivity contribution in [3.8, 4) is 0 Å². The fourth-order valence-corrected chi connectivity index (χ4v) is 4.66. The second kappa shape index (κ2) is 15.0. The lowest BCUT2D eigenvalue weighted by atomic mass is 9.78. The van der Waals surface area contributed by atoms with E-state index >= 15 is 0 Å². The molecule has 0 spiro atoms. The second-order valence-corrected chi connectivity index (χ2v) is 10.3. The number of nitrogens with one attached hydrogen (secondary N) is 1. The Hall–Kier alpha value is -3.14. The minimum atomic E-state index is -0.778. The normalized spacial score (nSPS) is 18.2. The molecule has 9 nitrogen and oxygen atoms in total. The molecule has 0 saturated carbocycles. The molecule has 2 aliphatic heterocycles. The van der Waals surface area contributed by atoms with Gasteiger partial charge in [0, 0.05) is 37.1 Å². The molecule has 3 rings (SSSR count). The van der Waals surface area contributed by atoms with Crippen LogP contribution >= 0.6 is 12.4 Å². The average molecular weight is 577 g/mol. The number of halogens is 1. The number of rotatable bonds is 9. The number of esters is 3. The summed E-state index contributed by atoms with van der Waals surface area (Å²) in [6, 6.07) is 7.36. The molecule has 0 aromatic heterocycles. The topological polar surface area (TPSA) is 103 Å². The number of morpholine rings is 1. The summed E-state index contributed by atoms with van der Waals surface area (Å²) >= 11 is 0. The fraction of sp³-hybridized carbons (Fsp3) is 0.500. The maximum absolute atomic E-state index is 13.6. The first-order chi connectivity index (χ1) is 18.6. The summed E-state index contributed by atoms with van der Waals surface area (Å²) in [5.74, 6) is -2.31. The molecule has 1 unspecified atom stereocenters. The van der Waals surface area contributed by atoms with E-state index in [1.165, 1.54) is 6.08 Å². The van der Waals surface area contributed by atoms with Gasteiger partial charge in [-0.2, -0.15) is 0 Å². The number of nitrogens with zero attached hydrogens (tertiary/aromatic N) is 1. The molecule has 220 valence electrons. The van der Waals surface area contributed by atoms with Gasteiger partial charge in [-0.3, -0.25) is 4.90 Å². The Morgan fingerprint density at radius 2 is 1.62 bits per heavy atom. The maximum atomic E-state index is 13.6. The van der Waals surface area contributed by atoms with Crippen molar-refractivity contribution in [3.05, 3.63) is 64.0 Å². The van der Waals surface area contributed by atoms with Crippen molar-refractivity contribution in [2.45, 2.75) is 53.1 Å². The highest BCUT2D eigenvalue weighted by atomic mass is 35.5. The van der Waals surface area contributed by atoms with Crippen LogP contribution in [0.3, 0.4) is 0 Å². The largest absolute Gasteiger partial charge is 0.463 e. The minimum absolute atomic E-state index is 0. The lowest BCUT2D eigenvalue weighted by Gasteiger charge is -2.35. The summed E-state index contributed by atoms with van der Waals surface area (Å²) in [6.45, 7) is 14.1. The molecule has 0 amide bonds. The number of hydrogen-bond acceptors (Lipinski definition) is 9. The Kier molecular flexibility index (Phi) is 12.4. The van der Waals surface area contributed by atoms with Gasteiger partial charge in [0.15, 0.2) is 0 Å².